The van der Waals surface area contributed by atoms with Crippen LogP contribution >= 0.6 is 0 Å². The third-order valence-corrected chi connectivity index (χ3v) is 3.68. The first-order valence-electron chi connectivity index (χ1n) is 6.98. The van der Waals surface area contributed by atoms with E-state index >= 15 is 0 Å². The van der Waals surface area contributed by atoms with Crippen molar-refractivity contribution in [2.45, 2.75) is 26.3 Å². The molecule has 4 heteroatoms. The standard InChI is InChI=1S/C17H21N3O/c1-12-9-10-15(13(2)19-12)16(21)20-17(3,11-18)14-7-5-4-6-8-14/h4-10H,11,18H2,1-3H3,(H,20,21). The Morgan fingerprint density at radius 3 is 2.43 bits per heavy atom. The van der Waals surface area contributed by atoms with Crippen LogP contribution in [0, 0.1) is 13.8 Å². The van der Waals surface area contributed by atoms with Crippen LogP contribution in [0.15, 0.2) is 42.5 Å². The first kappa shape index (κ1) is 15.2. The lowest BCUT2D eigenvalue weighted by Crippen LogP contribution is -2.49. The van der Waals surface area contributed by atoms with Crippen LogP contribution < -0.4 is 11.1 Å². The average Bonchev–Trinajstić information content (AvgIpc) is 2.47. The monoisotopic (exact) mass is 283 g/mol. The predicted molar refractivity (Wildman–Crippen MR) is 84.0 cm³/mol. The van der Waals surface area contributed by atoms with Gasteiger partial charge in [-0.15, -0.1) is 0 Å². The van der Waals surface area contributed by atoms with Crippen molar-refractivity contribution >= 4 is 5.91 Å². The number of carbonyl (C=O) groups is 1. The van der Waals surface area contributed by atoms with Crippen LogP contribution in [0.3, 0.4) is 0 Å². The molecule has 110 valence electrons. The average molecular weight is 283 g/mol. The van der Waals surface area contributed by atoms with E-state index in [-0.39, 0.29) is 5.91 Å². The third-order valence-electron chi connectivity index (χ3n) is 3.68. The summed E-state index contributed by atoms with van der Waals surface area (Å²) < 4.78 is 0. The van der Waals surface area contributed by atoms with Crippen molar-refractivity contribution in [3.8, 4) is 0 Å². The first-order valence-corrected chi connectivity index (χ1v) is 6.98. The fraction of sp³-hybridized carbons (Fsp3) is 0.294. The summed E-state index contributed by atoms with van der Waals surface area (Å²) in [7, 11) is 0. The summed E-state index contributed by atoms with van der Waals surface area (Å²) in [5, 5.41) is 3.03. The molecule has 0 spiro atoms. The molecule has 1 aromatic carbocycles. The summed E-state index contributed by atoms with van der Waals surface area (Å²) in [6.45, 7) is 5.99. The van der Waals surface area contributed by atoms with Gasteiger partial charge in [0, 0.05) is 12.2 Å². The molecule has 0 bridgehead atoms. The molecule has 4 nitrogen and oxygen atoms in total. The maximum absolute atomic E-state index is 12.5. The lowest BCUT2D eigenvalue weighted by Gasteiger charge is -2.30. The van der Waals surface area contributed by atoms with Gasteiger partial charge >= 0.3 is 0 Å². The van der Waals surface area contributed by atoms with Crippen molar-refractivity contribution in [1.82, 2.24) is 10.3 Å². The van der Waals surface area contributed by atoms with Crippen molar-refractivity contribution < 1.29 is 4.79 Å². The number of aryl methyl sites for hydroxylation is 2. The minimum Gasteiger partial charge on any atom is -0.341 e. The maximum Gasteiger partial charge on any atom is 0.253 e. The largest absolute Gasteiger partial charge is 0.341 e. The summed E-state index contributed by atoms with van der Waals surface area (Å²) >= 11 is 0. The number of nitrogens with two attached hydrogens (primary N) is 1. The number of aromatic nitrogens is 1. The lowest BCUT2D eigenvalue weighted by molar-refractivity contribution is 0.0906. The smallest absolute Gasteiger partial charge is 0.253 e. The van der Waals surface area contributed by atoms with Crippen molar-refractivity contribution in [1.29, 1.82) is 0 Å². The number of hydrogen-bond donors (Lipinski definition) is 2. The second-order valence-corrected chi connectivity index (χ2v) is 5.44. The number of hydrogen-bond acceptors (Lipinski definition) is 3. The Hall–Kier alpha value is -2.20. The fourth-order valence-electron chi connectivity index (χ4n) is 2.29. The zero-order chi connectivity index (χ0) is 15.5. The molecular weight excluding hydrogens is 262 g/mol. The SMILES string of the molecule is Cc1ccc(C(=O)NC(C)(CN)c2ccccc2)c(C)n1. The molecule has 1 unspecified atom stereocenters. The highest BCUT2D eigenvalue weighted by atomic mass is 16.1. The number of nitrogens with one attached hydrogen (secondary N) is 1. The third kappa shape index (κ3) is 3.28. The van der Waals surface area contributed by atoms with Gasteiger partial charge in [-0.1, -0.05) is 30.3 Å². The minimum atomic E-state index is -0.602. The van der Waals surface area contributed by atoms with E-state index in [1.54, 1.807) is 6.07 Å². The molecule has 0 saturated carbocycles. The van der Waals surface area contributed by atoms with Gasteiger partial charge in [0.1, 0.15) is 0 Å². The molecule has 0 fully saturated rings. The van der Waals surface area contributed by atoms with Crippen LogP contribution in [0.1, 0.15) is 34.2 Å². The molecule has 21 heavy (non-hydrogen) atoms. The molecule has 1 amide bonds. The van der Waals surface area contributed by atoms with Crippen LogP contribution in [0.5, 0.6) is 0 Å². The maximum atomic E-state index is 12.5. The number of rotatable bonds is 4. The van der Waals surface area contributed by atoms with E-state index in [9.17, 15) is 4.79 Å². The van der Waals surface area contributed by atoms with Crippen molar-refractivity contribution in [3.05, 3.63) is 65.0 Å². The quantitative estimate of drug-likeness (QED) is 0.904. The van der Waals surface area contributed by atoms with E-state index in [0.717, 1.165) is 17.0 Å². The Kier molecular flexibility index (Phi) is 4.38. The second-order valence-electron chi connectivity index (χ2n) is 5.44. The number of benzene rings is 1. The van der Waals surface area contributed by atoms with Gasteiger partial charge in [-0.3, -0.25) is 9.78 Å². The van der Waals surface area contributed by atoms with E-state index in [4.69, 9.17) is 5.73 Å². The Morgan fingerprint density at radius 2 is 1.86 bits per heavy atom. The predicted octanol–water partition coefficient (Wildman–Crippen LogP) is 2.30. The Bertz CT molecular complexity index is 640. The number of carbonyl (C=O) groups excluding carboxylic acids is 1. The van der Waals surface area contributed by atoms with Gasteiger partial charge in [-0.25, -0.2) is 0 Å². The molecule has 0 aliphatic carbocycles. The van der Waals surface area contributed by atoms with Gasteiger partial charge in [0.2, 0.25) is 0 Å². The molecule has 1 heterocycles. The van der Waals surface area contributed by atoms with Crippen molar-refractivity contribution in [2.75, 3.05) is 6.54 Å². The van der Waals surface area contributed by atoms with Crippen molar-refractivity contribution in [3.63, 3.8) is 0 Å². The van der Waals surface area contributed by atoms with E-state index in [2.05, 4.69) is 10.3 Å². The highest BCUT2D eigenvalue weighted by Crippen LogP contribution is 2.20. The van der Waals surface area contributed by atoms with Gasteiger partial charge < -0.3 is 11.1 Å². The summed E-state index contributed by atoms with van der Waals surface area (Å²) in [6, 6.07) is 13.4. The molecule has 0 saturated heterocycles. The zero-order valence-electron chi connectivity index (χ0n) is 12.7. The molecule has 0 aliphatic heterocycles. The van der Waals surface area contributed by atoms with E-state index in [1.165, 1.54) is 0 Å². The molecule has 0 radical (unpaired) electrons. The Morgan fingerprint density at radius 1 is 1.19 bits per heavy atom. The summed E-state index contributed by atoms with van der Waals surface area (Å²) in [4.78, 5) is 16.8. The highest BCUT2D eigenvalue weighted by molar-refractivity contribution is 5.95. The highest BCUT2D eigenvalue weighted by Gasteiger charge is 2.27. The van der Waals surface area contributed by atoms with Gasteiger partial charge in [0.05, 0.1) is 16.8 Å². The molecule has 1 atom stereocenters. The normalized spacial score (nSPS) is 13.5. The minimum absolute atomic E-state index is 0.156. The molecule has 1 aromatic heterocycles. The first-order chi connectivity index (χ1) is 9.96. The molecule has 0 aliphatic rings. The fourth-order valence-corrected chi connectivity index (χ4v) is 2.29. The van der Waals surface area contributed by atoms with E-state index in [0.29, 0.717) is 12.1 Å². The zero-order valence-corrected chi connectivity index (χ0v) is 12.7. The van der Waals surface area contributed by atoms with Crippen LogP contribution in [0.25, 0.3) is 0 Å². The van der Waals surface area contributed by atoms with Crippen LogP contribution in [-0.2, 0) is 5.54 Å². The molecular formula is C17H21N3O. The topological polar surface area (TPSA) is 68.0 Å². The number of nitrogens with zero attached hydrogens (tertiary/aromatic N) is 1. The van der Waals surface area contributed by atoms with Crippen LogP contribution in [-0.4, -0.2) is 17.4 Å². The van der Waals surface area contributed by atoms with Gasteiger partial charge in [0.15, 0.2) is 0 Å². The van der Waals surface area contributed by atoms with E-state index < -0.39 is 5.54 Å². The van der Waals surface area contributed by atoms with Crippen molar-refractivity contribution in [2.24, 2.45) is 5.73 Å². The Labute approximate surface area is 125 Å². The van der Waals surface area contributed by atoms with Gasteiger partial charge in [-0.2, -0.15) is 0 Å². The van der Waals surface area contributed by atoms with Gasteiger partial charge in [0.25, 0.3) is 5.91 Å². The Balaban J connectivity index is 2.28. The van der Waals surface area contributed by atoms with E-state index in [1.807, 2.05) is 57.2 Å². The van der Waals surface area contributed by atoms with Gasteiger partial charge in [-0.05, 0) is 38.5 Å². The summed E-state index contributed by atoms with van der Waals surface area (Å²) in [6.07, 6.45) is 0. The van der Waals surface area contributed by atoms with Crippen LogP contribution in [0.2, 0.25) is 0 Å². The molecule has 2 rings (SSSR count). The molecule has 3 N–H and O–H groups in total. The lowest BCUT2D eigenvalue weighted by atomic mass is 9.91. The summed E-state index contributed by atoms with van der Waals surface area (Å²) in [5.41, 5.74) is 8.48. The van der Waals surface area contributed by atoms with Crippen LogP contribution in [0.4, 0.5) is 0 Å². The number of pyridine rings is 1. The molecule has 2 aromatic rings. The summed E-state index contributed by atoms with van der Waals surface area (Å²) in [5.74, 6) is -0.156. The second kappa shape index (κ2) is 6.06. The number of amides is 1.